The summed E-state index contributed by atoms with van der Waals surface area (Å²) in [6.07, 6.45) is 2.10. The zero-order valence-electron chi connectivity index (χ0n) is 15.5. The Morgan fingerprint density at radius 2 is 1.54 bits per heavy atom. The van der Waals surface area contributed by atoms with E-state index in [0.29, 0.717) is 0 Å². The third kappa shape index (κ3) is 3.11. The maximum Gasteiger partial charge on any atom is 0.495 e. The molecule has 5 heteroatoms. The van der Waals surface area contributed by atoms with E-state index >= 15 is 0 Å². The van der Waals surface area contributed by atoms with Crippen molar-refractivity contribution in [1.29, 1.82) is 0 Å². The molecule has 132 valence electrons. The van der Waals surface area contributed by atoms with Crippen molar-refractivity contribution in [3.63, 3.8) is 0 Å². The number of hydrogen-bond donors (Lipinski definition) is 0. The fourth-order valence-corrected chi connectivity index (χ4v) is 3.89. The number of hydrogen-bond acceptors (Lipinski definition) is 4. The number of aromatic nitrogens is 1. The van der Waals surface area contributed by atoms with Crippen LogP contribution in [0.15, 0.2) is 54.6 Å². The Bertz CT molecular complexity index is 913. The number of benzene rings is 2. The molecular weight excluding hydrogens is 341 g/mol. The van der Waals surface area contributed by atoms with Gasteiger partial charge in [0.25, 0.3) is 0 Å². The quantitative estimate of drug-likeness (QED) is 0.579. The molecule has 0 spiro atoms. The van der Waals surface area contributed by atoms with Gasteiger partial charge < -0.3 is 9.31 Å². The molecule has 3 nitrogen and oxygen atoms in total. The molecule has 0 amide bonds. The van der Waals surface area contributed by atoms with Crippen LogP contribution in [0.5, 0.6) is 0 Å². The lowest BCUT2D eigenvalue weighted by Crippen LogP contribution is -2.41. The molecule has 4 rings (SSSR count). The smallest absolute Gasteiger partial charge is 0.399 e. The van der Waals surface area contributed by atoms with Gasteiger partial charge in [0.1, 0.15) is 5.01 Å². The van der Waals surface area contributed by atoms with Crippen LogP contribution in [0.4, 0.5) is 0 Å². The van der Waals surface area contributed by atoms with Gasteiger partial charge in [0, 0.05) is 0 Å². The number of fused-ring (bicyclic) bond motifs is 1. The third-order valence-corrected chi connectivity index (χ3v) is 6.19. The fourth-order valence-electron chi connectivity index (χ4n) is 2.97. The largest absolute Gasteiger partial charge is 0.495 e. The molecule has 0 aliphatic carbocycles. The van der Waals surface area contributed by atoms with Crippen molar-refractivity contribution in [2.45, 2.75) is 38.9 Å². The maximum absolute atomic E-state index is 6.31. The third-order valence-electron chi connectivity index (χ3n) is 5.20. The van der Waals surface area contributed by atoms with Crippen molar-refractivity contribution >= 4 is 40.2 Å². The summed E-state index contributed by atoms with van der Waals surface area (Å²) in [5.41, 5.74) is 2.36. The van der Waals surface area contributed by atoms with E-state index in [1.807, 2.05) is 36.4 Å². The lowest BCUT2D eigenvalue weighted by molar-refractivity contribution is 0.00578. The first-order valence-electron chi connectivity index (χ1n) is 8.84. The van der Waals surface area contributed by atoms with Crippen LogP contribution in [-0.2, 0) is 9.31 Å². The molecule has 0 saturated carbocycles. The summed E-state index contributed by atoms with van der Waals surface area (Å²) in [4.78, 5) is 4.75. The van der Waals surface area contributed by atoms with E-state index in [-0.39, 0.29) is 11.2 Å². The average molecular weight is 363 g/mol. The molecule has 1 aliphatic heterocycles. The van der Waals surface area contributed by atoms with Crippen LogP contribution in [0.2, 0.25) is 0 Å². The summed E-state index contributed by atoms with van der Waals surface area (Å²) in [6.45, 7) is 8.31. The lowest BCUT2D eigenvalue weighted by atomic mass is 9.74. The molecule has 2 heterocycles. The Hall–Kier alpha value is -1.95. The van der Waals surface area contributed by atoms with E-state index in [4.69, 9.17) is 14.3 Å². The molecule has 0 N–H and O–H groups in total. The first-order chi connectivity index (χ1) is 12.4. The summed E-state index contributed by atoms with van der Waals surface area (Å²) in [6, 6.07) is 18.5. The Morgan fingerprint density at radius 3 is 2.19 bits per heavy atom. The Morgan fingerprint density at radius 1 is 0.923 bits per heavy atom. The second kappa shape index (κ2) is 6.34. The van der Waals surface area contributed by atoms with Crippen LogP contribution in [-0.4, -0.2) is 23.3 Å². The van der Waals surface area contributed by atoms with E-state index in [1.54, 1.807) is 11.3 Å². The van der Waals surface area contributed by atoms with Crippen LogP contribution in [0.1, 0.15) is 38.3 Å². The van der Waals surface area contributed by atoms with Crippen LogP contribution in [0.25, 0.3) is 21.8 Å². The molecule has 1 saturated heterocycles. The van der Waals surface area contributed by atoms with Crippen molar-refractivity contribution in [3.8, 4) is 0 Å². The zero-order valence-corrected chi connectivity index (χ0v) is 16.3. The average Bonchev–Trinajstić information content (AvgIpc) is 3.10. The van der Waals surface area contributed by atoms with Gasteiger partial charge in [-0.2, -0.15) is 0 Å². The van der Waals surface area contributed by atoms with E-state index in [2.05, 4.69) is 52.0 Å². The van der Waals surface area contributed by atoms with Crippen molar-refractivity contribution in [3.05, 3.63) is 65.2 Å². The van der Waals surface area contributed by atoms with E-state index < -0.39 is 7.12 Å². The minimum atomic E-state index is -0.422. The summed E-state index contributed by atoms with van der Waals surface area (Å²) >= 11 is 1.68. The summed E-state index contributed by atoms with van der Waals surface area (Å²) in [5, 5.41) is 0.958. The fraction of sp³-hybridized carbons (Fsp3) is 0.286. The monoisotopic (exact) mass is 363 g/mol. The van der Waals surface area contributed by atoms with E-state index in [1.165, 1.54) is 4.70 Å². The first kappa shape index (κ1) is 17.5. The maximum atomic E-state index is 6.31. The predicted octanol–water partition coefficient (Wildman–Crippen LogP) is 5.47. The normalized spacial score (nSPS) is 19.2. The molecule has 0 unspecified atom stereocenters. The Labute approximate surface area is 158 Å². The van der Waals surface area contributed by atoms with Gasteiger partial charge in [0.15, 0.2) is 0 Å². The second-order valence-electron chi connectivity index (χ2n) is 7.57. The van der Waals surface area contributed by atoms with Gasteiger partial charge in [-0.05, 0) is 56.9 Å². The van der Waals surface area contributed by atoms with Gasteiger partial charge in [-0.1, -0.05) is 42.5 Å². The molecule has 26 heavy (non-hydrogen) atoms. The van der Waals surface area contributed by atoms with Crippen molar-refractivity contribution < 1.29 is 9.31 Å². The molecule has 0 radical (unpaired) electrons. The Kier molecular flexibility index (Phi) is 4.26. The molecule has 3 aromatic rings. The van der Waals surface area contributed by atoms with Crippen molar-refractivity contribution in [1.82, 2.24) is 4.98 Å². The van der Waals surface area contributed by atoms with Gasteiger partial charge in [-0.25, -0.2) is 4.98 Å². The minimum absolute atomic E-state index is 0.376. The molecule has 1 fully saturated rings. The van der Waals surface area contributed by atoms with Crippen LogP contribution in [0, 0.1) is 0 Å². The highest BCUT2D eigenvalue weighted by atomic mass is 32.1. The summed E-state index contributed by atoms with van der Waals surface area (Å²) in [5.74, 6) is 0. The standard InChI is InChI=1S/C21H22BNO2S/c1-20(2)21(3,4)25-22(24-20)16(15-10-6-5-7-11-15)14-19-23-17-12-8-9-13-18(17)26-19/h5-14H,1-4H3/b16-14+. The number of rotatable bonds is 3. The SMILES string of the molecule is CC1(C)OB(/C(=C/c2nc3ccccc3s2)c2ccccc2)OC1(C)C. The highest BCUT2D eigenvalue weighted by Crippen LogP contribution is 2.41. The van der Waals surface area contributed by atoms with Crippen LogP contribution in [0.3, 0.4) is 0 Å². The van der Waals surface area contributed by atoms with Crippen LogP contribution < -0.4 is 0 Å². The predicted molar refractivity (Wildman–Crippen MR) is 110 cm³/mol. The molecule has 0 bridgehead atoms. The van der Waals surface area contributed by atoms with Gasteiger partial charge in [-0.15, -0.1) is 11.3 Å². The minimum Gasteiger partial charge on any atom is -0.399 e. The van der Waals surface area contributed by atoms with Gasteiger partial charge in [0.05, 0.1) is 21.4 Å². The van der Waals surface area contributed by atoms with Crippen LogP contribution >= 0.6 is 11.3 Å². The number of nitrogens with zero attached hydrogens (tertiary/aromatic N) is 1. The summed E-state index contributed by atoms with van der Waals surface area (Å²) < 4.78 is 13.8. The molecular formula is C21H22BNO2S. The molecule has 2 aromatic carbocycles. The van der Waals surface area contributed by atoms with E-state index in [0.717, 1.165) is 21.6 Å². The van der Waals surface area contributed by atoms with Crippen molar-refractivity contribution in [2.24, 2.45) is 0 Å². The van der Waals surface area contributed by atoms with E-state index in [9.17, 15) is 0 Å². The molecule has 0 atom stereocenters. The van der Waals surface area contributed by atoms with Gasteiger partial charge in [-0.3, -0.25) is 0 Å². The number of para-hydroxylation sites is 1. The Balaban J connectivity index is 1.79. The number of thiazole rings is 1. The van der Waals surface area contributed by atoms with Gasteiger partial charge in [0.2, 0.25) is 0 Å². The second-order valence-corrected chi connectivity index (χ2v) is 8.64. The zero-order chi connectivity index (χ0) is 18.4. The highest BCUT2D eigenvalue weighted by Gasteiger charge is 2.52. The molecule has 1 aliphatic rings. The topological polar surface area (TPSA) is 31.4 Å². The van der Waals surface area contributed by atoms with Gasteiger partial charge >= 0.3 is 7.12 Å². The summed E-state index contributed by atoms with van der Waals surface area (Å²) in [7, 11) is -0.422. The van der Waals surface area contributed by atoms with Crippen molar-refractivity contribution in [2.75, 3.05) is 0 Å². The lowest BCUT2D eigenvalue weighted by Gasteiger charge is -2.32. The highest BCUT2D eigenvalue weighted by molar-refractivity contribution is 7.19. The molecule has 1 aromatic heterocycles. The first-order valence-corrected chi connectivity index (χ1v) is 9.66.